The van der Waals surface area contributed by atoms with Gasteiger partial charge in [-0.1, -0.05) is 25.0 Å². The summed E-state index contributed by atoms with van der Waals surface area (Å²) in [6.07, 6.45) is 4.31. The molecular weight excluding hydrogens is 224 g/mol. The molecule has 2 aliphatic rings. The van der Waals surface area contributed by atoms with Crippen molar-refractivity contribution in [2.24, 2.45) is 5.41 Å². The highest BCUT2D eigenvalue weighted by Crippen LogP contribution is 2.51. The summed E-state index contributed by atoms with van der Waals surface area (Å²) >= 11 is 0. The lowest BCUT2D eigenvalue weighted by Gasteiger charge is -2.27. The molecule has 1 amide bonds. The van der Waals surface area contributed by atoms with Gasteiger partial charge in [0, 0.05) is 12.5 Å². The van der Waals surface area contributed by atoms with Crippen LogP contribution in [-0.4, -0.2) is 12.5 Å². The lowest BCUT2D eigenvalue weighted by Crippen LogP contribution is -2.31. The van der Waals surface area contributed by atoms with E-state index in [1.165, 1.54) is 5.56 Å². The minimum Gasteiger partial charge on any atom is -0.355 e. The van der Waals surface area contributed by atoms with Crippen molar-refractivity contribution < 1.29 is 4.79 Å². The number of nitriles is 1. The van der Waals surface area contributed by atoms with Gasteiger partial charge in [0.25, 0.3) is 0 Å². The van der Waals surface area contributed by atoms with Crippen LogP contribution in [-0.2, 0) is 4.79 Å². The second-order valence-corrected chi connectivity index (χ2v) is 5.36. The first-order valence-electron chi connectivity index (χ1n) is 6.55. The van der Waals surface area contributed by atoms with Gasteiger partial charge in [-0.2, -0.15) is 5.26 Å². The Balaban J connectivity index is 1.95. The highest BCUT2D eigenvalue weighted by atomic mass is 16.2. The SMILES string of the molecule is N#Cc1ccc(C2CNC(=O)C23CCCC3)cc1. The van der Waals surface area contributed by atoms with Gasteiger partial charge in [-0.15, -0.1) is 0 Å². The highest BCUT2D eigenvalue weighted by Gasteiger charge is 2.51. The molecule has 1 N–H and O–H groups in total. The highest BCUT2D eigenvalue weighted by molar-refractivity contribution is 5.86. The summed E-state index contributed by atoms with van der Waals surface area (Å²) in [7, 11) is 0. The molecule has 1 aromatic rings. The number of hydrogen-bond donors (Lipinski definition) is 1. The van der Waals surface area contributed by atoms with Crippen LogP contribution in [0.1, 0.15) is 42.7 Å². The van der Waals surface area contributed by atoms with E-state index in [-0.39, 0.29) is 17.2 Å². The fourth-order valence-corrected chi connectivity index (χ4v) is 3.53. The number of hydrogen-bond acceptors (Lipinski definition) is 2. The fraction of sp³-hybridized carbons (Fsp3) is 0.467. The van der Waals surface area contributed by atoms with E-state index in [0.717, 1.165) is 32.2 Å². The predicted octanol–water partition coefficient (Wildman–Crippen LogP) is 2.33. The van der Waals surface area contributed by atoms with Gasteiger partial charge < -0.3 is 5.32 Å². The quantitative estimate of drug-likeness (QED) is 0.819. The molecule has 3 rings (SSSR count). The molecule has 2 fully saturated rings. The zero-order valence-electron chi connectivity index (χ0n) is 10.3. The van der Waals surface area contributed by atoms with E-state index in [1.807, 2.05) is 24.3 Å². The van der Waals surface area contributed by atoms with E-state index in [0.29, 0.717) is 5.56 Å². The number of carbonyl (C=O) groups is 1. The van der Waals surface area contributed by atoms with Crippen LogP contribution in [0, 0.1) is 16.7 Å². The molecule has 1 aliphatic carbocycles. The van der Waals surface area contributed by atoms with Crippen LogP contribution in [0.4, 0.5) is 0 Å². The largest absolute Gasteiger partial charge is 0.355 e. The van der Waals surface area contributed by atoms with Crippen LogP contribution in [0.5, 0.6) is 0 Å². The molecule has 0 aromatic heterocycles. The van der Waals surface area contributed by atoms with Crippen molar-refractivity contribution in [2.75, 3.05) is 6.54 Å². The number of amides is 1. The van der Waals surface area contributed by atoms with E-state index in [2.05, 4.69) is 11.4 Å². The number of rotatable bonds is 1. The van der Waals surface area contributed by atoms with Crippen LogP contribution in [0.15, 0.2) is 24.3 Å². The molecule has 18 heavy (non-hydrogen) atoms. The van der Waals surface area contributed by atoms with Gasteiger partial charge in [-0.05, 0) is 30.5 Å². The molecule has 0 bridgehead atoms. The van der Waals surface area contributed by atoms with Crippen molar-refractivity contribution in [3.63, 3.8) is 0 Å². The molecule has 1 saturated carbocycles. The van der Waals surface area contributed by atoms with E-state index in [1.54, 1.807) is 0 Å². The Hall–Kier alpha value is -1.82. The van der Waals surface area contributed by atoms with E-state index < -0.39 is 0 Å². The van der Waals surface area contributed by atoms with E-state index >= 15 is 0 Å². The summed E-state index contributed by atoms with van der Waals surface area (Å²) in [5, 5.41) is 11.8. The van der Waals surface area contributed by atoms with Crippen molar-refractivity contribution >= 4 is 5.91 Å². The van der Waals surface area contributed by atoms with E-state index in [9.17, 15) is 4.79 Å². The third kappa shape index (κ3) is 1.53. The minimum atomic E-state index is -0.172. The fourth-order valence-electron chi connectivity index (χ4n) is 3.53. The van der Waals surface area contributed by atoms with Gasteiger partial charge in [0.2, 0.25) is 5.91 Å². The van der Waals surface area contributed by atoms with Gasteiger partial charge in [-0.3, -0.25) is 4.79 Å². The zero-order valence-corrected chi connectivity index (χ0v) is 10.3. The molecular formula is C15H16N2O. The second-order valence-electron chi connectivity index (χ2n) is 5.36. The standard InChI is InChI=1S/C15H16N2O/c16-9-11-3-5-12(6-4-11)13-10-17-14(18)15(13)7-1-2-8-15/h3-6,13H,1-2,7-8,10H2,(H,17,18). The first-order chi connectivity index (χ1) is 8.76. The van der Waals surface area contributed by atoms with Crippen molar-refractivity contribution in [1.29, 1.82) is 5.26 Å². The Kier molecular flexibility index (Phi) is 2.59. The van der Waals surface area contributed by atoms with Gasteiger partial charge in [0.15, 0.2) is 0 Å². The normalized spacial score (nSPS) is 25.1. The monoisotopic (exact) mass is 240 g/mol. The van der Waals surface area contributed by atoms with Crippen molar-refractivity contribution in [3.8, 4) is 6.07 Å². The summed E-state index contributed by atoms with van der Waals surface area (Å²) in [6.45, 7) is 0.741. The van der Waals surface area contributed by atoms with Crippen molar-refractivity contribution in [2.45, 2.75) is 31.6 Å². The molecule has 0 radical (unpaired) electrons. The van der Waals surface area contributed by atoms with Crippen molar-refractivity contribution in [1.82, 2.24) is 5.32 Å². The first kappa shape index (κ1) is 11.3. The summed E-state index contributed by atoms with van der Waals surface area (Å²) in [6, 6.07) is 9.84. The average Bonchev–Trinajstić information content (AvgIpc) is 3.01. The Morgan fingerprint density at radius 2 is 1.89 bits per heavy atom. The molecule has 92 valence electrons. The lowest BCUT2D eigenvalue weighted by molar-refractivity contribution is -0.127. The minimum absolute atomic E-state index is 0.172. The molecule has 1 heterocycles. The van der Waals surface area contributed by atoms with Crippen LogP contribution in [0.2, 0.25) is 0 Å². The van der Waals surface area contributed by atoms with E-state index in [4.69, 9.17) is 5.26 Å². The molecule has 3 nitrogen and oxygen atoms in total. The van der Waals surface area contributed by atoms with Crippen LogP contribution < -0.4 is 5.32 Å². The zero-order chi connectivity index (χ0) is 12.6. The molecule has 1 aliphatic heterocycles. The summed E-state index contributed by atoms with van der Waals surface area (Å²) in [5.74, 6) is 0.509. The summed E-state index contributed by atoms with van der Waals surface area (Å²) < 4.78 is 0. The molecule has 1 atom stereocenters. The Morgan fingerprint density at radius 3 is 2.50 bits per heavy atom. The predicted molar refractivity (Wildman–Crippen MR) is 67.8 cm³/mol. The molecule has 3 heteroatoms. The van der Waals surface area contributed by atoms with Gasteiger partial charge in [0.1, 0.15) is 0 Å². The maximum atomic E-state index is 12.1. The smallest absolute Gasteiger partial charge is 0.226 e. The summed E-state index contributed by atoms with van der Waals surface area (Å²) in [5.41, 5.74) is 1.69. The Bertz CT molecular complexity index is 506. The number of nitrogens with one attached hydrogen (secondary N) is 1. The first-order valence-corrected chi connectivity index (χ1v) is 6.55. The maximum absolute atomic E-state index is 12.1. The summed E-state index contributed by atoms with van der Waals surface area (Å²) in [4.78, 5) is 12.1. The average molecular weight is 240 g/mol. The maximum Gasteiger partial charge on any atom is 0.226 e. The van der Waals surface area contributed by atoms with Crippen LogP contribution in [0.25, 0.3) is 0 Å². The molecule has 1 saturated heterocycles. The van der Waals surface area contributed by atoms with Gasteiger partial charge in [-0.25, -0.2) is 0 Å². The molecule has 1 aromatic carbocycles. The van der Waals surface area contributed by atoms with Crippen LogP contribution >= 0.6 is 0 Å². The van der Waals surface area contributed by atoms with Crippen LogP contribution in [0.3, 0.4) is 0 Å². The van der Waals surface area contributed by atoms with Crippen molar-refractivity contribution in [3.05, 3.63) is 35.4 Å². The third-order valence-electron chi connectivity index (χ3n) is 4.52. The van der Waals surface area contributed by atoms with Gasteiger partial charge in [0.05, 0.1) is 17.0 Å². The topological polar surface area (TPSA) is 52.9 Å². The number of benzene rings is 1. The second kappa shape index (κ2) is 4.13. The third-order valence-corrected chi connectivity index (χ3v) is 4.52. The molecule has 1 spiro atoms. The number of nitrogens with zero attached hydrogens (tertiary/aromatic N) is 1. The Labute approximate surface area is 107 Å². The lowest BCUT2D eigenvalue weighted by atomic mass is 9.72. The Morgan fingerprint density at radius 1 is 1.22 bits per heavy atom. The number of carbonyl (C=O) groups excluding carboxylic acids is 1. The van der Waals surface area contributed by atoms with Gasteiger partial charge >= 0.3 is 0 Å². The molecule has 1 unspecified atom stereocenters.